The van der Waals surface area contributed by atoms with Crippen molar-refractivity contribution in [1.82, 2.24) is 0 Å². The summed E-state index contributed by atoms with van der Waals surface area (Å²) < 4.78 is 11.2. The van der Waals surface area contributed by atoms with Gasteiger partial charge in [0.2, 0.25) is 0 Å². The first-order valence-corrected chi connectivity index (χ1v) is 5.78. The molecule has 0 N–H and O–H groups in total. The molecule has 0 spiro atoms. The third kappa shape index (κ3) is 3.66. The van der Waals surface area contributed by atoms with Crippen LogP contribution in [0.1, 0.15) is 19.3 Å². The van der Waals surface area contributed by atoms with E-state index in [0.717, 1.165) is 25.2 Å². The zero-order valence-electron chi connectivity index (χ0n) is 9.58. The predicted octanol–water partition coefficient (Wildman–Crippen LogP) is 3.58. The number of rotatable bonds is 4. The lowest BCUT2D eigenvalue weighted by molar-refractivity contribution is -0.0110. The lowest BCUT2D eigenvalue weighted by Gasteiger charge is -2.22. The fourth-order valence-corrected chi connectivity index (χ4v) is 1.79. The second kappa shape index (κ2) is 6.13. The zero-order valence-corrected chi connectivity index (χ0v) is 9.58. The van der Waals surface area contributed by atoms with Crippen molar-refractivity contribution in [2.75, 3.05) is 13.2 Å². The molecule has 1 unspecified atom stereocenters. The summed E-state index contributed by atoms with van der Waals surface area (Å²) in [5.74, 6) is 0.774. The third-order valence-corrected chi connectivity index (χ3v) is 2.71. The Balaban J connectivity index is 1.83. The summed E-state index contributed by atoms with van der Waals surface area (Å²) in [5.41, 5.74) is 8.86. The first kappa shape index (κ1) is 11.8. The summed E-state index contributed by atoms with van der Waals surface area (Å²) in [6, 6.07) is 7.06. The van der Waals surface area contributed by atoms with Gasteiger partial charge >= 0.3 is 0 Å². The fraction of sp³-hybridized carbons (Fsp3) is 0.500. The molecule has 1 heterocycles. The van der Waals surface area contributed by atoms with E-state index in [1.165, 1.54) is 6.42 Å². The van der Waals surface area contributed by atoms with Crippen LogP contribution in [0.15, 0.2) is 29.4 Å². The van der Waals surface area contributed by atoms with Crippen LogP contribution in [0.3, 0.4) is 0 Å². The molecule has 0 aliphatic carbocycles. The molecule has 17 heavy (non-hydrogen) atoms. The Hall–Kier alpha value is -1.71. The van der Waals surface area contributed by atoms with Crippen LogP contribution in [0.2, 0.25) is 0 Å². The second-order valence-electron chi connectivity index (χ2n) is 3.98. The predicted molar refractivity (Wildman–Crippen MR) is 64.3 cm³/mol. The Morgan fingerprint density at radius 3 is 2.82 bits per heavy atom. The molecule has 2 rings (SSSR count). The van der Waals surface area contributed by atoms with Crippen LogP contribution >= 0.6 is 0 Å². The van der Waals surface area contributed by atoms with Crippen LogP contribution in [0.4, 0.5) is 5.69 Å². The molecule has 1 aromatic rings. The first-order valence-electron chi connectivity index (χ1n) is 5.78. The van der Waals surface area contributed by atoms with E-state index >= 15 is 0 Å². The van der Waals surface area contributed by atoms with Gasteiger partial charge in [-0.1, -0.05) is 5.11 Å². The highest BCUT2D eigenvalue weighted by Gasteiger charge is 2.14. The molecule has 1 atom stereocenters. The average Bonchev–Trinajstić information content (AvgIpc) is 2.40. The van der Waals surface area contributed by atoms with Gasteiger partial charge in [-0.05, 0) is 49.1 Å². The van der Waals surface area contributed by atoms with Crippen LogP contribution in [0, 0.1) is 0 Å². The maximum absolute atomic E-state index is 8.27. The number of azide groups is 1. The second-order valence-corrected chi connectivity index (χ2v) is 3.98. The van der Waals surface area contributed by atoms with Crippen LogP contribution in [0.5, 0.6) is 5.75 Å². The molecule has 5 nitrogen and oxygen atoms in total. The number of ether oxygens (including phenoxy) is 2. The minimum absolute atomic E-state index is 0.209. The molecule has 5 heteroatoms. The lowest BCUT2D eigenvalue weighted by atomic mass is 10.1. The molecule has 1 fully saturated rings. The number of nitrogens with zero attached hydrogens (tertiary/aromatic N) is 3. The molecular formula is C12H15N3O2. The maximum Gasteiger partial charge on any atom is 0.119 e. The first-order chi connectivity index (χ1) is 8.38. The van der Waals surface area contributed by atoms with Crippen molar-refractivity contribution in [3.8, 4) is 5.75 Å². The SMILES string of the molecule is [N-]=[N+]=Nc1ccc(OCC2CCCCO2)cc1. The van der Waals surface area contributed by atoms with Gasteiger partial charge in [-0.15, -0.1) is 0 Å². The Labute approximate surface area is 100.0 Å². The summed E-state index contributed by atoms with van der Waals surface area (Å²) in [7, 11) is 0. The maximum atomic E-state index is 8.27. The van der Waals surface area contributed by atoms with Gasteiger partial charge in [0.1, 0.15) is 12.4 Å². The van der Waals surface area contributed by atoms with Gasteiger partial charge in [0.25, 0.3) is 0 Å². The largest absolute Gasteiger partial charge is 0.491 e. The molecule has 0 radical (unpaired) electrons. The van der Waals surface area contributed by atoms with E-state index in [2.05, 4.69) is 10.0 Å². The number of hydrogen-bond donors (Lipinski definition) is 0. The highest BCUT2D eigenvalue weighted by molar-refractivity contribution is 5.40. The monoisotopic (exact) mass is 233 g/mol. The summed E-state index contributed by atoms with van der Waals surface area (Å²) in [6.07, 6.45) is 3.64. The topological polar surface area (TPSA) is 67.2 Å². The van der Waals surface area contributed by atoms with E-state index in [4.69, 9.17) is 15.0 Å². The molecule has 0 amide bonds. The van der Waals surface area contributed by atoms with Gasteiger partial charge in [0.15, 0.2) is 0 Å². The highest BCUT2D eigenvalue weighted by Crippen LogP contribution is 2.19. The molecule has 0 aromatic heterocycles. The fourth-order valence-electron chi connectivity index (χ4n) is 1.79. The van der Waals surface area contributed by atoms with Gasteiger partial charge in [0.05, 0.1) is 6.10 Å². The molecule has 1 saturated heterocycles. The van der Waals surface area contributed by atoms with E-state index in [9.17, 15) is 0 Å². The molecule has 0 bridgehead atoms. The van der Waals surface area contributed by atoms with Crippen molar-refractivity contribution >= 4 is 5.69 Å². The summed E-state index contributed by atoms with van der Waals surface area (Å²) >= 11 is 0. The smallest absolute Gasteiger partial charge is 0.119 e. The van der Waals surface area contributed by atoms with Gasteiger partial charge in [-0.3, -0.25) is 0 Å². The van der Waals surface area contributed by atoms with Gasteiger partial charge in [0, 0.05) is 17.2 Å². The van der Waals surface area contributed by atoms with E-state index in [-0.39, 0.29) is 6.10 Å². The number of hydrogen-bond acceptors (Lipinski definition) is 3. The van der Waals surface area contributed by atoms with Gasteiger partial charge in [-0.25, -0.2) is 0 Å². The Bertz CT molecular complexity index is 393. The van der Waals surface area contributed by atoms with E-state index in [0.29, 0.717) is 12.3 Å². The third-order valence-electron chi connectivity index (χ3n) is 2.71. The van der Waals surface area contributed by atoms with E-state index < -0.39 is 0 Å². The van der Waals surface area contributed by atoms with Crippen molar-refractivity contribution in [2.45, 2.75) is 25.4 Å². The summed E-state index contributed by atoms with van der Waals surface area (Å²) in [6.45, 7) is 1.42. The lowest BCUT2D eigenvalue weighted by Crippen LogP contribution is -2.25. The molecule has 0 saturated carbocycles. The molecule has 90 valence electrons. The van der Waals surface area contributed by atoms with E-state index in [1.807, 2.05) is 0 Å². The van der Waals surface area contributed by atoms with Crippen molar-refractivity contribution < 1.29 is 9.47 Å². The quantitative estimate of drug-likeness (QED) is 0.453. The highest BCUT2D eigenvalue weighted by atomic mass is 16.5. The molecular weight excluding hydrogens is 218 g/mol. The van der Waals surface area contributed by atoms with Crippen molar-refractivity contribution in [3.05, 3.63) is 34.7 Å². The minimum Gasteiger partial charge on any atom is -0.491 e. The van der Waals surface area contributed by atoms with Crippen molar-refractivity contribution in [3.63, 3.8) is 0 Å². The van der Waals surface area contributed by atoms with Crippen molar-refractivity contribution in [2.24, 2.45) is 5.11 Å². The Morgan fingerprint density at radius 1 is 1.35 bits per heavy atom. The summed E-state index contributed by atoms with van der Waals surface area (Å²) in [4.78, 5) is 2.72. The van der Waals surface area contributed by atoms with Gasteiger partial charge < -0.3 is 9.47 Å². The average molecular weight is 233 g/mol. The normalized spacial score (nSPS) is 19.4. The van der Waals surface area contributed by atoms with Crippen LogP contribution < -0.4 is 4.74 Å². The van der Waals surface area contributed by atoms with Crippen LogP contribution in [0.25, 0.3) is 10.4 Å². The standard InChI is InChI=1S/C12H15N3O2/c13-15-14-10-4-6-11(7-5-10)17-9-12-3-1-2-8-16-12/h4-7,12H,1-3,8-9H2. The number of benzene rings is 1. The molecule has 1 aliphatic rings. The van der Waals surface area contributed by atoms with Gasteiger partial charge in [-0.2, -0.15) is 0 Å². The Morgan fingerprint density at radius 2 is 2.18 bits per heavy atom. The molecule has 1 aliphatic heterocycles. The summed E-state index contributed by atoms with van der Waals surface area (Å²) in [5, 5.41) is 3.50. The van der Waals surface area contributed by atoms with E-state index in [1.54, 1.807) is 24.3 Å². The van der Waals surface area contributed by atoms with Crippen LogP contribution in [-0.4, -0.2) is 19.3 Å². The van der Waals surface area contributed by atoms with Crippen LogP contribution in [-0.2, 0) is 4.74 Å². The Kier molecular flexibility index (Phi) is 4.24. The van der Waals surface area contributed by atoms with Crippen molar-refractivity contribution in [1.29, 1.82) is 0 Å². The minimum atomic E-state index is 0.209. The molecule has 1 aromatic carbocycles. The zero-order chi connectivity index (χ0) is 11.9.